The predicted molar refractivity (Wildman–Crippen MR) is 254 cm³/mol. The van der Waals surface area contributed by atoms with Gasteiger partial charge in [-0.2, -0.15) is 0 Å². The number of rotatable bonds is 14. The molecule has 0 unspecified atom stereocenters. The second kappa shape index (κ2) is 18.0. The number of hydrogen-bond donors (Lipinski definition) is 2. The van der Waals surface area contributed by atoms with Crippen LogP contribution in [0.5, 0.6) is 0 Å². The number of fused-ring (bicyclic) bond motifs is 5. The van der Waals surface area contributed by atoms with E-state index in [1.807, 2.05) is 64.2 Å². The highest BCUT2D eigenvalue weighted by atomic mass is 28.4. The Morgan fingerprint density at radius 1 is 0.925 bits per heavy atom. The molecule has 1 amide bonds. The van der Waals surface area contributed by atoms with Gasteiger partial charge in [-0.3, -0.25) is 14.4 Å². The van der Waals surface area contributed by atoms with Crippen molar-refractivity contribution in [3.63, 3.8) is 0 Å². The number of ether oxygens (including phenoxy) is 5. The number of nitrogens with one attached hydrogen (secondary N) is 1. The number of aliphatic hydroxyl groups is 1. The minimum Gasteiger partial charge on any atom is -0.456 e. The molecular formula is C51H71NO13Si2. The Hall–Kier alpha value is -4.20. The molecular weight excluding hydrogens is 891 g/mol. The van der Waals surface area contributed by atoms with Crippen LogP contribution in [0, 0.1) is 16.7 Å². The molecule has 5 aliphatic rings. The number of hydrogen-bond acceptors (Lipinski definition) is 13. The Kier molecular flexibility index (Phi) is 13.6. The number of benzene rings is 2. The predicted octanol–water partition coefficient (Wildman–Crippen LogP) is 8.54. The van der Waals surface area contributed by atoms with Crippen molar-refractivity contribution in [2.75, 3.05) is 6.61 Å². The van der Waals surface area contributed by atoms with Crippen molar-refractivity contribution in [1.82, 2.24) is 5.32 Å². The van der Waals surface area contributed by atoms with Crippen LogP contribution in [0.15, 0.2) is 71.8 Å². The zero-order valence-corrected chi connectivity index (χ0v) is 43.5. The molecule has 11 atom stereocenters. The van der Waals surface area contributed by atoms with Crippen molar-refractivity contribution < 1.29 is 61.6 Å². The molecule has 2 saturated heterocycles. The van der Waals surface area contributed by atoms with E-state index in [1.165, 1.54) is 6.92 Å². The molecule has 3 aliphatic carbocycles. The molecule has 0 radical (unpaired) electrons. The summed E-state index contributed by atoms with van der Waals surface area (Å²) in [7, 11) is -5.34. The van der Waals surface area contributed by atoms with E-state index in [1.54, 1.807) is 58.0 Å². The lowest BCUT2D eigenvalue weighted by Crippen LogP contribution is -2.80. The van der Waals surface area contributed by atoms with E-state index in [-0.39, 0.29) is 24.5 Å². The number of carbonyl (C=O) groups excluding carboxylic acids is 5. The molecule has 2 aromatic carbocycles. The molecule has 2 heterocycles. The maximum Gasteiger partial charge on any atom is 0.509 e. The van der Waals surface area contributed by atoms with Gasteiger partial charge in [0.2, 0.25) is 0 Å². The molecule has 2 aromatic rings. The van der Waals surface area contributed by atoms with Gasteiger partial charge in [0, 0.05) is 36.7 Å². The zero-order chi connectivity index (χ0) is 49.3. The molecule has 2 N–H and O–H groups in total. The van der Waals surface area contributed by atoms with E-state index in [2.05, 4.69) is 26.1 Å². The van der Waals surface area contributed by atoms with Gasteiger partial charge in [-0.25, -0.2) is 9.59 Å². The summed E-state index contributed by atoms with van der Waals surface area (Å²) in [5, 5.41) is 15.6. The van der Waals surface area contributed by atoms with Gasteiger partial charge in [-0.1, -0.05) is 104 Å². The van der Waals surface area contributed by atoms with Crippen molar-refractivity contribution >= 4 is 46.4 Å². The van der Waals surface area contributed by atoms with E-state index < -0.39 is 117 Å². The summed E-state index contributed by atoms with van der Waals surface area (Å²) in [5.74, 6) is -3.69. The first-order valence-corrected chi connectivity index (χ1v) is 29.3. The lowest BCUT2D eigenvalue weighted by atomic mass is 9.45. The molecule has 16 heteroatoms. The van der Waals surface area contributed by atoms with Gasteiger partial charge in [-0.15, -0.1) is 0 Å². The number of ketones is 1. The van der Waals surface area contributed by atoms with E-state index in [0.717, 1.165) is 18.1 Å². The molecule has 366 valence electrons. The summed E-state index contributed by atoms with van der Waals surface area (Å²) in [5.41, 5.74) is -4.65. The molecule has 1 spiro atoms. The molecule has 0 aromatic heterocycles. The van der Waals surface area contributed by atoms with Crippen molar-refractivity contribution in [2.24, 2.45) is 16.7 Å². The Bertz CT molecular complexity index is 2270. The van der Waals surface area contributed by atoms with Crippen molar-refractivity contribution in [2.45, 2.75) is 179 Å². The summed E-state index contributed by atoms with van der Waals surface area (Å²) in [6.07, 6.45) is -8.06. The van der Waals surface area contributed by atoms with E-state index in [9.17, 15) is 19.5 Å². The van der Waals surface area contributed by atoms with Gasteiger partial charge in [0.25, 0.3) is 5.91 Å². The van der Waals surface area contributed by atoms with Crippen molar-refractivity contribution in [1.29, 1.82) is 0 Å². The third-order valence-electron chi connectivity index (χ3n) is 16.9. The quantitative estimate of drug-likeness (QED) is 0.0796. The third kappa shape index (κ3) is 8.34. The first kappa shape index (κ1) is 50.7. The molecule has 4 fully saturated rings. The van der Waals surface area contributed by atoms with Crippen molar-refractivity contribution in [3.05, 3.63) is 82.9 Å². The largest absolute Gasteiger partial charge is 0.509 e. The zero-order valence-electron chi connectivity index (χ0n) is 41.5. The summed E-state index contributed by atoms with van der Waals surface area (Å²) in [4.78, 5) is 72.9. The number of Topliss-reactive ketones (excluding diaryl/α,β-unsaturated/α-hetero) is 1. The fraction of sp³-hybridized carbons (Fsp3) is 0.627. The second-order valence-electron chi connectivity index (χ2n) is 21.6. The van der Waals surface area contributed by atoms with Crippen LogP contribution in [-0.4, -0.2) is 106 Å². The van der Waals surface area contributed by atoms with Gasteiger partial charge in [0.15, 0.2) is 46.3 Å². The van der Waals surface area contributed by atoms with Crippen LogP contribution in [-0.2, 0) is 46.9 Å². The topological polar surface area (TPSA) is 182 Å². The second-order valence-corrected chi connectivity index (χ2v) is 31.1. The first-order valence-electron chi connectivity index (χ1n) is 23.9. The van der Waals surface area contributed by atoms with Crippen LogP contribution in [0.1, 0.15) is 111 Å². The van der Waals surface area contributed by atoms with E-state index in [4.69, 9.17) is 32.5 Å². The van der Waals surface area contributed by atoms with Gasteiger partial charge in [0.1, 0.15) is 11.7 Å². The molecule has 14 nitrogen and oxygen atoms in total. The number of amides is 1. The smallest absolute Gasteiger partial charge is 0.456 e. The number of esters is 2. The van der Waals surface area contributed by atoms with Gasteiger partial charge in [-0.05, 0) is 79.0 Å². The molecule has 2 saturated carbocycles. The molecule has 7 rings (SSSR count). The fourth-order valence-electron chi connectivity index (χ4n) is 11.6. The van der Waals surface area contributed by atoms with E-state index in [0.29, 0.717) is 22.3 Å². The highest BCUT2D eigenvalue weighted by Crippen LogP contribution is 2.66. The van der Waals surface area contributed by atoms with Crippen LogP contribution in [0.25, 0.3) is 0 Å². The highest BCUT2D eigenvalue weighted by molar-refractivity contribution is 6.74. The summed E-state index contributed by atoms with van der Waals surface area (Å²) in [6, 6.07) is 19.0. The Morgan fingerprint density at radius 2 is 1.52 bits per heavy atom. The Morgan fingerprint density at radius 3 is 2.06 bits per heavy atom. The fourth-order valence-corrected chi connectivity index (χ4v) is 15.7. The monoisotopic (exact) mass is 961 g/mol. The maximum atomic E-state index is 16.1. The van der Waals surface area contributed by atoms with Crippen molar-refractivity contribution in [3.8, 4) is 0 Å². The molecule has 67 heavy (non-hydrogen) atoms. The normalized spacial score (nSPS) is 32.1. The SMILES string of the molecule is CC[Si](CC)(CC)O[C@H]1C[C@H]2OC[C@@]2(O)[C@H]2[C@@H]3OC(=O)O[C@]34C[C@H](OC(=O)[C@H](O[Si](C)(C)C(C)(C)C)[C@@H](NC(=O)c3ccccc3)c3ccccc3)C(C)=C([C@@H](OC(C)=O)C(=O)[C@]12C)C4(C)C. The summed E-state index contributed by atoms with van der Waals surface area (Å²) >= 11 is 0. The summed E-state index contributed by atoms with van der Waals surface area (Å²) < 4.78 is 46.0. The Labute approximate surface area is 397 Å². The van der Waals surface area contributed by atoms with Crippen LogP contribution >= 0.6 is 0 Å². The minimum atomic E-state index is -2.85. The Balaban J connectivity index is 1.41. The summed E-state index contributed by atoms with van der Waals surface area (Å²) in [6.45, 7) is 24.6. The van der Waals surface area contributed by atoms with Gasteiger partial charge < -0.3 is 43.0 Å². The van der Waals surface area contributed by atoms with E-state index >= 15 is 9.59 Å². The third-order valence-corrected chi connectivity index (χ3v) is 26.0. The van der Waals surface area contributed by atoms with Crippen LogP contribution < -0.4 is 5.32 Å². The minimum absolute atomic E-state index is 0.152. The van der Waals surface area contributed by atoms with Crippen LogP contribution in [0.2, 0.25) is 36.3 Å². The standard InChI is InChI=1S/C51H71NO13Si2/c1-14-67(15-2,16-3)64-35-27-36-50(58,29-59-36)41-43-51(63-46(57)62-43)28-34(30(4)37(48(51,9)10)39(60-31(5)53)42(54)49(35,41)11)61-45(56)40(65-66(12,13)47(6,7)8)38(32-23-19-17-20-24-32)52-44(55)33-25-21-18-22-26-33/h17-26,34-36,38-41,43,58H,14-16,27-29H2,1-13H3,(H,52,55)/t34-,35-,36+,38-,39+,40+,41-,43-,49+,50-,51+/m0/s1. The average Bonchev–Trinajstić information content (AvgIpc) is 3.60. The van der Waals surface area contributed by atoms with Gasteiger partial charge in [0.05, 0.1) is 30.3 Å². The molecule has 2 aliphatic heterocycles. The molecule has 2 bridgehead atoms. The first-order chi connectivity index (χ1) is 31.3. The van der Waals surface area contributed by atoms with Crippen LogP contribution in [0.4, 0.5) is 4.79 Å². The van der Waals surface area contributed by atoms with Crippen LogP contribution in [0.3, 0.4) is 0 Å². The lowest BCUT2D eigenvalue weighted by molar-refractivity contribution is -0.332. The maximum absolute atomic E-state index is 16.1. The average molecular weight is 962 g/mol. The number of carbonyl (C=O) groups is 5. The lowest BCUT2D eigenvalue weighted by Gasteiger charge is -2.66. The highest BCUT2D eigenvalue weighted by Gasteiger charge is 2.80. The van der Waals surface area contributed by atoms with Gasteiger partial charge >= 0.3 is 18.1 Å².